The van der Waals surface area contributed by atoms with Crippen LogP contribution in [-0.4, -0.2) is 63.6 Å². The van der Waals surface area contributed by atoms with Crippen molar-refractivity contribution in [2.75, 3.05) is 31.0 Å². The number of aryl methyl sites for hydroxylation is 1. The number of rotatable bonds is 6. The summed E-state index contributed by atoms with van der Waals surface area (Å²) < 4.78 is 73.7. The lowest BCUT2D eigenvalue weighted by Gasteiger charge is -2.26. The predicted molar refractivity (Wildman–Crippen MR) is 107 cm³/mol. The molecular formula is C18H19FN2O8S2. The number of hydrogen-bond acceptors (Lipinski definition) is 7. The number of aromatic carboxylic acids is 1. The van der Waals surface area contributed by atoms with Crippen LogP contribution in [0, 0.1) is 12.7 Å². The van der Waals surface area contributed by atoms with E-state index in [2.05, 4.69) is 4.72 Å². The van der Waals surface area contributed by atoms with Gasteiger partial charge in [0.05, 0.1) is 23.8 Å². The Bertz CT molecular complexity index is 1240. The number of ether oxygens (including phenoxy) is 1. The summed E-state index contributed by atoms with van der Waals surface area (Å²) in [5, 5.41) is 18.8. The summed E-state index contributed by atoms with van der Waals surface area (Å²) in [5.74, 6) is -3.19. The summed E-state index contributed by atoms with van der Waals surface area (Å²) in [5.41, 5.74) is -0.809. The molecule has 31 heavy (non-hydrogen) atoms. The highest BCUT2D eigenvalue weighted by Gasteiger charge is 2.30. The Balaban J connectivity index is 1.99. The highest BCUT2D eigenvalue weighted by atomic mass is 32.2. The molecule has 0 spiro atoms. The maximum absolute atomic E-state index is 14.3. The average molecular weight is 474 g/mol. The number of hydrogen-bond donors (Lipinski definition) is 3. The van der Waals surface area contributed by atoms with E-state index in [9.17, 15) is 31.1 Å². The summed E-state index contributed by atoms with van der Waals surface area (Å²) in [4.78, 5) is 10.1. The van der Waals surface area contributed by atoms with Crippen LogP contribution in [0.1, 0.15) is 15.9 Å². The Morgan fingerprint density at radius 2 is 1.74 bits per heavy atom. The van der Waals surface area contributed by atoms with Crippen molar-refractivity contribution in [1.82, 2.24) is 4.31 Å². The van der Waals surface area contributed by atoms with E-state index in [-0.39, 0.29) is 37.6 Å². The summed E-state index contributed by atoms with van der Waals surface area (Å²) >= 11 is 0. The first-order chi connectivity index (χ1) is 14.4. The van der Waals surface area contributed by atoms with Gasteiger partial charge in [0.2, 0.25) is 10.0 Å². The lowest BCUT2D eigenvalue weighted by Crippen LogP contribution is -2.40. The van der Waals surface area contributed by atoms with E-state index in [0.29, 0.717) is 0 Å². The number of halogens is 1. The predicted octanol–water partition coefficient (Wildman–Crippen LogP) is 1.36. The quantitative estimate of drug-likeness (QED) is 0.568. The van der Waals surface area contributed by atoms with Gasteiger partial charge in [-0.05, 0) is 42.8 Å². The molecule has 0 bridgehead atoms. The lowest BCUT2D eigenvalue weighted by atomic mass is 10.1. The molecule has 3 rings (SSSR count). The van der Waals surface area contributed by atoms with Crippen LogP contribution >= 0.6 is 0 Å². The number of nitrogens with zero attached hydrogens (tertiary/aromatic N) is 1. The number of morpholine rings is 1. The third-order valence-corrected chi connectivity index (χ3v) is 8.02. The maximum Gasteiger partial charge on any atom is 0.339 e. The van der Waals surface area contributed by atoms with Crippen LogP contribution in [0.15, 0.2) is 40.1 Å². The molecule has 13 heteroatoms. The van der Waals surface area contributed by atoms with Crippen LogP contribution in [0.25, 0.3) is 0 Å². The summed E-state index contributed by atoms with van der Waals surface area (Å²) in [6, 6.07) is 4.48. The fraction of sp³-hybridized carbons (Fsp3) is 0.278. The SMILES string of the molecule is Cc1cc(O)c(C(=O)O)cc1S(=O)(=O)Nc1ccc(F)c(S(=O)(=O)N2CCOCC2)c1. The van der Waals surface area contributed by atoms with Crippen LogP contribution in [0.5, 0.6) is 5.75 Å². The Morgan fingerprint density at radius 1 is 1.10 bits per heavy atom. The fourth-order valence-electron chi connectivity index (χ4n) is 3.03. The molecule has 0 aromatic heterocycles. The molecule has 10 nitrogen and oxygen atoms in total. The van der Waals surface area contributed by atoms with E-state index in [1.165, 1.54) is 6.92 Å². The molecule has 1 heterocycles. The third-order valence-electron chi connectivity index (χ3n) is 4.58. The molecule has 0 radical (unpaired) electrons. The highest BCUT2D eigenvalue weighted by Crippen LogP contribution is 2.29. The van der Waals surface area contributed by atoms with Gasteiger partial charge in [0.25, 0.3) is 10.0 Å². The second-order valence-corrected chi connectivity index (χ2v) is 10.3. The van der Waals surface area contributed by atoms with Gasteiger partial charge in [0.1, 0.15) is 22.0 Å². The summed E-state index contributed by atoms with van der Waals surface area (Å²) in [6.45, 7) is 1.71. The zero-order valence-electron chi connectivity index (χ0n) is 16.2. The van der Waals surface area contributed by atoms with Crippen molar-refractivity contribution in [3.63, 3.8) is 0 Å². The molecule has 0 amide bonds. The molecule has 1 aliphatic heterocycles. The van der Waals surface area contributed by atoms with Gasteiger partial charge in [-0.2, -0.15) is 4.31 Å². The van der Waals surface area contributed by atoms with Crippen molar-refractivity contribution < 1.29 is 41.0 Å². The molecule has 0 atom stereocenters. The van der Waals surface area contributed by atoms with Crippen LogP contribution in [0.3, 0.4) is 0 Å². The van der Waals surface area contributed by atoms with Gasteiger partial charge in [-0.15, -0.1) is 0 Å². The maximum atomic E-state index is 14.3. The number of nitrogens with one attached hydrogen (secondary N) is 1. The van der Waals surface area contributed by atoms with Crippen LogP contribution < -0.4 is 4.72 Å². The normalized spacial score (nSPS) is 15.5. The summed E-state index contributed by atoms with van der Waals surface area (Å²) in [7, 11) is -8.63. The van der Waals surface area contributed by atoms with E-state index in [1.807, 2.05) is 0 Å². The number of phenols is 1. The van der Waals surface area contributed by atoms with Crippen LogP contribution in [-0.2, 0) is 24.8 Å². The minimum atomic E-state index is -4.39. The van der Waals surface area contributed by atoms with Crippen molar-refractivity contribution >= 4 is 31.7 Å². The monoisotopic (exact) mass is 474 g/mol. The zero-order valence-corrected chi connectivity index (χ0v) is 17.8. The van der Waals surface area contributed by atoms with Gasteiger partial charge in [0, 0.05) is 13.1 Å². The smallest absolute Gasteiger partial charge is 0.339 e. The average Bonchev–Trinajstić information content (AvgIpc) is 2.69. The van der Waals surface area contributed by atoms with Gasteiger partial charge < -0.3 is 14.9 Å². The van der Waals surface area contributed by atoms with E-state index in [0.717, 1.165) is 34.6 Å². The van der Waals surface area contributed by atoms with Gasteiger partial charge in [-0.1, -0.05) is 0 Å². The number of carboxylic acids is 1. The first kappa shape index (κ1) is 22.9. The fourth-order valence-corrected chi connectivity index (χ4v) is 5.84. The van der Waals surface area contributed by atoms with Gasteiger partial charge in [0.15, 0.2) is 0 Å². The number of anilines is 1. The zero-order chi connectivity index (χ0) is 23.0. The Labute approximate surface area is 178 Å². The minimum Gasteiger partial charge on any atom is -0.507 e. The standard InChI is InChI=1S/C18H19FN2O8S2/c1-11-8-15(22)13(18(23)24)10-16(11)30(25,26)20-12-2-3-14(19)17(9-12)31(27,28)21-4-6-29-7-5-21/h2-3,8-10,20,22H,4-7H2,1H3,(H,23,24). The molecule has 1 saturated heterocycles. The van der Waals surface area contributed by atoms with Crippen molar-refractivity contribution in [2.24, 2.45) is 0 Å². The number of carbonyl (C=O) groups is 1. The van der Waals surface area contributed by atoms with E-state index >= 15 is 0 Å². The molecule has 0 aliphatic carbocycles. The molecule has 1 aliphatic rings. The topological polar surface area (TPSA) is 150 Å². The van der Waals surface area contributed by atoms with Crippen molar-refractivity contribution in [3.05, 3.63) is 47.3 Å². The number of sulfonamides is 2. The minimum absolute atomic E-state index is 0.0302. The van der Waals surface area contributed by atoms with E-state index in [1.54, 1.807) is 0 Å². The number of benzene rings is 2. The Morgan fingerprint density at radius 3 is 2.35 bits per heavy atom. The second kappa shape index (κ2) is 8.42. The Kier molecular flexibility index (Phi) is 6.23. The largest absolute Gasteiger partial charge is 0.507 e. The molecule has 0 unspecified atom stereocenters. The summed E-state index contributed by atoms with van der Waals surface area (Å²) in [6.07, 6.45) is 0. The molecule has 1 fully saturated rings. The number of carboxylic acid groups (broad SMARTS) is 1. The van der Waals surface area contributed by atoms with Gasteiger partial charge in [-0.25, -0.2) is 26.0 Å². The van der Waals surface area contributed by atoms with Crippen molar-refractivity contribution in [2.45, 2.75) is 16.7 Å². The highest BCUT2D eigenvalue weighted by molar-refractivity contribution is 7.92. The van der Waals surface area contributed by atoms with Gasteiger partial charge >= 0.3 is 5.97 Å². The molecular weight excluding hydrogens is 455 g/mol. The van der Waals surface area contributed by atoms with Crippen LogP contribution in [0.2, 0.25) is 0 Å². The molecule has 2 aromatic carbocycles. The third kappa shape index (κ3) is 4.63. The van der Waals surface area contributed by atoms with Crippen molar-refractivity contribution in [3.8, 4) is 5.75 Å². The van der Waals surface area contributed by atoms with Crippen LogP contribution in [0.4, 0.5) is 10.1 Å². The first-order valence-electron chi connectivity index (χ1n) is 8.90. The lowest BCUT2D eigenvalue weighted by molar-refractivity contribution is 0.0693. The molecule has 3 N–H and O–H groups in total. The second-order valence-electron chi connectivity index (χ2n) is 6.71. The van der Waals surface area contributed by atoms with Crippen molar-refractivity contribution in [1.29, 1.82) is 0 Å². The van der Waals surface area contributed by atoms with E-state index in [4.69, 9.17) is 9.84 Å². The van der Waals surface area contributed by atoms with E-state index < -0.39 is 52.9 Å². The Hall–Kier alpha value is -2.74. The molecule has 0 saturated carbocycles. The first-order valence-corrected chi connectivity index (χ1v) is 11.8. The number of aromatic hydroxyl groups is 1. The van der Waals surface area contributed by atoms with Gasteiger partial charge in [-0.3, -0.25) is 4.72 Å². The molecule has 168 valence electrons. The molecule has 2 aromatic rings.